The molecule has 1 aromatic carbocycles. The van der Waals surface area contributed by atoms with Crippen LogP contribution in [0.2, 0.25) is 0 Å². The molecule has 7 heteroatoms. The van der Waals surface area contributed by atoms with E-state index >= 15 is 0 Å². The van der Waals surface area contributed by atoms with Crippen LogP contribution in [0, 0.1) is 0 Å². The van der Waals surface area contributed by atoms with Crippen LogP contribution in [0.3, 0.4) is 0 Å². The molecule has 0 heterocycles. The number of thioether (sulfide) groups is 1. The lowest BCUT2D eigenvalue weighted by molar-refractivity contribution is 0.577. The number of benzene rings is 1. The van der Waals surface area contributed by atoms with E-state index in [0.29, 0.717) is 17.7 Å². The standard InChI is InChI=1S/C13H20N2O2S3/c1-19-9-5-4-8-15-20(16,17)10-11-6-2-3-7-12(11)13(14)18/h2-3,6-7,15H,4-5,8-10H2,1H3,(H2,14,18). The first-order valence-corrected chi connectivity index (χ1v) is 9.75. The molecule has 20 heavy (non-hydrogen) atoms. The lowest BCUT2D eigenvalue weighted by atomic mass is 10.1. The van der Waals surface area contributed by atoms with Crippen molar-refractivity contribution in [2.45, 2.75) is 18.6 Å². The van der Waals surface area contributed by atoms with E-state index in [2.05, 4.69) is 4.72 Å². The zero-order chi connectivity index (χ0) is 15.0. The summed E-state index contributed by atoms with van der Waals surface area (Å²) in [5.41, 5.74) is 6.86. The Morgan fingerprint density at radius 2 is 2.05 bits per heavy atom. The third-order valence-electron chi connectivity index (χ3n) is 2.73. The van der Waals surface area contributed by atoms with E-state index in [-0.39, 0.29) is 10.7 Å². The average Bonchev–Trinajstić information content (AvgIpc) is 2.38. The Morgan fingerprint density at radius 3 is 2.70 bits per heavy atom. The van der Waals surface area contributed by atoms with Crippen LogP contribution in [-0.4, -0.2) is 32.0 Å². The van der Waals surface area contributed by atoms with Gasteiger partial charge in [0.05, 0.1) is 5.75 Å². The number of sulfonamides is 1. The van der Waals surface area contributed by atoms with Gasteiger partial charge in [-0.3, -0.25) is 0 Å². The van der Waals surface area contributed by atoms with Crippen LogP contribution >= 0.6 is 24.0 Å². The molecular weight excluding hydrogens is 312 g/mol. The van der Waals surface area contributed by atoms with Crippen molar-refractivity contribution in [3.8, 4) is 0 Å². The van der Waals surface area contributed by atoms with Crippen LogP contribution < -0.4 is 10.5 Å². The van der Waals surface area contributed by atoms with Crippen molar-refractivity contribution in [2.75, 3.05) is 18.6 Å². The van der Waals surface area contributed by atoms with Crippen molar-refractivity contribution in [1.82, 2.24) is 4.72 Å². The SMILES string of the molecule is CSCCCCNS(=O)(=O)Cc1ccccc1C(N)=S. The summed E-state index contributed by atoms with van der Waals surface area (Å²) in [7, 11) is -3.35. The summed E-state index contributed by atoms with van der Waals surface area (Å²) in [4.78, 5) is 0.218. The monoisotopic (exact) mass is 332 g/mol. The van der Waals surface area contributed by atoms with Crippen LogP contribution in [0.1, 0.15) is 24.0 Å². The molecule has 0 bridgehead atoms. The van der Waals surface area contributed by atoms with E-state index in [1.165, 1.54) is 0 Å². The Morgan fingerprint density at radius 1 is 1.35 bits per heavy atom. The minimum absolute atomic E-state index is 0.0942. The van der Waals surface area contributed by atoms with Gasteiger partial charge < -0.3 is 5.73 Å². The normalized spacial score (nSPS) is 11.4. The van der Waals surface area contributed by atoms with Crippen LogP contribution in [0.25, 0.3) is 0 Å². The zero-order valence-corrected chi connectivity index (χ0v) is 13.9. The first-order chi connectivity index (χ1) is 9.46. The molecule has 0 fully saturated rings. The van der Waals surface area contributed by atoms with Crippen LogP contribution in [0.15, 0.2) is 24.3 Å². The number of nitrogens with one attached hydrogen (secondary N) is 1. The van der Waals surface area contributed by atoms with Gasteiger partial charge in [-0.15, -0.1) is 0 Å². The predicted molar refractivity (Wildman–Crippen MR) is 90.6 cm³/mol. The van der Waals surface area contributed by atoms with Gasteiger partial charge >= 0.3 is 0 Å². The third kappa shape index (κ3) is 6.21. The smallest absolute Gasteiger partial charge is 0.215 e. The highest BCUT2D eigenvalue weighted by Crippen LogP contribution is 2.12. The summed E-state index contributed by atoms with van der Waals surface area (Å²) in [6, 6.07) is 7.05. The van der Waals surface area contributed by atoms with E-state index in [1.807, 2.05) is 6.26 Å². The number of hydrogen-bond donors (Lipinski definition) is 2. The number of hydrogen-bond acceptors (Lipinski definition) is 4. The van der Waals surface area contributed by atoms with Crippen molar-refractivity contribution in [3.63, 3.8) is 0 Å². The van der Waals surface area contributed by atoms with Gasteiger partial charge in [-0.2, -0.15) is 11.8 Å². The molecule has 0 radical (unpaired) electrons. The number of nitrogens with two attached hydrogens (primary N) is 1. The maximum absolute atomic E-state index is 12.0. The first kappa shape index (κ1) is 17.4. The van der Waals surface area contributed by atoms with Crippen LogP contribution in [0.4, 0.5) is 0 Å². The molecule has 0 saturated carbocycles. The first-order valence-electron chi connectivity index (χ1n) is 6.30. The summed E-state index contributed by atoms with van der Waals surface area (Å²) in [5.74, 6) is 0.953. The molecule has 0 saturated heterocycles. The Labute approximate surface area is 130 Å². The molecule has 0 amide bonds. The van der Waals surface area contributed by atoms with Crippen LogP contribution in [0.5, 0.6) is 0 Å². The van der Waals surface area contributed by atoms with Gasteiger partial charge in [-0.05, 0) is 30.4 Å². The Hall–Kier alpha value is -0.630. The summed E-state index contributed by atoms with van der Waals surface area (Å²) >= 11 is 6.70. The van der Waals surface area contributed by atoms with E-state index in [4.69, 9.17) is 18.0 Å². The lowest BCUT2D eigenvalue weighted by Gasteiger charge is -2.10. The predicted octanol–water partition coefficient (Wildman–Crippen LogP) is 1.88. The molecule has 0 spiro atoms. The van der Waals surface area contributed by atoms with Crippen molar-refractivity contribution >= 4 is 39.0 Å². The number of unbranched alkanes of at least 4 members (excludes halogenated alkanes) is 1. The van der Waals surface area contributed by atoms with Gasteiger partial charge in [-0.25, -0.2) is 13.1 Å². The molecule has 0 aliphatic rings. The molecule has 0 aromatic heterocycles. The fraction of sp³-hybridized carbons (Fsp3) is 0.462. The second-order valence-electron chi connectivity index (χ2n) is 4.37. The van der Waals surface area contributed by atoms with Gasteiger partial charge in [0.25, 0.3) is 0 Å². The highest BCUT2D eigenvalue weighted by atomic mass is 32.2. The topological polar surface area (TPSA) is 72.2 Å². The molecule has 1 rings (SSSR count). The second-order valence-corrected chi connectivity index (χ2v) is 7.61. The zero-order valence-electron chi connectivity index (χ0n) is 11.5. The van der Waals surface area contributed by atoms with Crippen molar-refractivity contribution in [3.05, 3.63) is 35.4 Å². The fourth-order valence-electron chi connectivity index (χ4n) is 1.74. The average molecular weight is 333 g/mol. The molecule has 0 unspecified atom stereocenters. The summed E-state index contributed by atoms with van der Waals surface area (Å²) in [5, 5.41) is 0. The molecule has 4 nitrogen and oxygen atoms in total. The van der Waals surface area contributed by atoms with Crippen molar-refractivity contribution in [2.24, 2.45) is 5.73 Å². The molecule has 3 N–H and O–H groups in total. The van der Waals surface area contributed by atoms with Crippen LogP contribution in [-0.2, 0) is 15.8 Å². The summed E-state index contributed by atoms with van der Waals surface area (Å²) in [6.45, 7) is 0.470. The Kier molecular flexibility index (Phi) is 7.50. The minimum Gasteiger partial charge on any atom is -0.389 e. The fourth-order valence-corrected chi connectivity index (χ4v) is 3.65. The van der Waals surface area contributed by atoms with Crippen molar-refractivity contribution in [1.29, 1.82) is 0 Å². The second kappa shape index (κ2) is 8.61. The number of thiocarbonyl (C=S) groups is 1. The molecule has 0 aliphatic carbocycles. The molecule has 112 valence electrons. The number of rotatable bonds is 9. The highest BCUT2D eigenvalue weighted by molar-refractivity contribution is 7.98. The Bertz CT molecular complexity index is 544. The van der Waals surface area contributed by atoms with E-state index in [0.717, 1.165) is 18.6 Å². The molecular formula is C13H20N2O2S3. The largest absolute Gasteiger partial charge is 0.389 e. The third-order valence-corrected chi connectivity index (χ3v) is 4.98. The Balaban J connectivity index is 2.60. The van der Waals surface area contributed by atoms with Gasteiger partial charge in [0.1, 0.15) is 4.99 Å². The maximum atomic E-state index is 12.0. The summed E-state index contributed by atoms with van der Waals surface area (Å²) < 4.78 is 26.6. The van der Waals surface area contributed by atoms with Gasteiger partial charge in [0.15, 0.2) is 0 Å². The van der Waals surface area contributed by atoms with Gasteiger partial charge in [0, 0.05) is 12.1 Å². The summed E-state index contributed by atoms with van der Waals surface area (Å²) in [6.07, 6.45) is 3.89. The lowest BCUT2D eigenvalue weighted by Crippen LogP contribution is -2.27. The maximum Gasteiger partial charge on any atom is 0.215 e. The minimum atomic E-state index is -3.35. The highest BCUT2D eigenvalue weighted by Gasteiger charge is 2.14. The van der Waals surface area contributed by atoms with E-state index in [1.54, 1.807) is 36.0 Å². The molecule has 1 aromatic rings. The molecule has 0 atom stereocenters. The molecule has 0 aliphatic heterocycles. The van der Waals surface area contributed by atoms with Gasteiger partial charge in [-0.1, -0.05) is 36.5 Å². The van der Waals surface area contributed by atoms with Crippen molar-refractivity contribution < 1.29 is 8.42 Å². The van der Waals surface area contributed by atoms with Gasteiger partial charge in [0.2, 0.25) is 10.0 Å². The van der Waals surface area contributed by atoms with E-state index in [9.17, 15) is 8.42 Å². The van der Waals surface area contributed by atoms with E-state index < -0.39 is 10.0 Å². The quantitative estimate of drug-likeness (QED) is 0.534.